The number of rotatable bonds is 9. The molecule has 0 radical (unpaired) electrons. The maximum atomic E-state index is 10.1. The molecule has 2 rings (SSSR count). The third-order valence-electron chi connectivity index (χ3n) is 4.79. The van der Waals surface area contributed by atoms with Crippen LogP contribution in [0.3, 0.4) is 0 Å². The summed E-state index contributed by atoms with van der Waals surface area (Å²) in [5, 5.41) is 39.1. The van der Waals surface area contributed by atoms with Crippen molar-refractivity contribution < 1.29 is 29.9 Å². The summed E-state index contributed by atoms with van der Waals surface area (Å²) in [6.07, 6.45) is -0.863. The molecule has 1 aliphatic rings. The Labute approximate surface area is 155 Å². The van der Waals surface area contributed by atoms with Crippen molar-refractivity contribution in [1.29, 1.82) is 0 Å². The Morgan fingerprint density at radius 1 is 1.00 bits per heavy atom. The van der Waals surface area contributed by atoms with Gasteiger partial charge in [0, 0.05) is 0 Å². The molecule has 0 saturated carbocycles. The van der Waals surface area contributed by atoms with Gasteiger partial charge in [-0.15, -0.1) is 0 Å². The van der Waals surface area contributed by atoms with E-state index in [-0.39, 0.29) is 0 Å². The molecule has 0 aromatic heterocycles. The van der Waals surface area contributed by atoms with Gasteiger partial charge < -0.3 is 29.9 Å². The highest BCUT2D eigenvalue weighted by molar-refractivity contribution is 5.33. The zero-order valence-electron chi connectivity index (χ0n) is 15.6. The fraction of sp³-hybridized carbons (Fsp3) is 0.700. The second kappa shape index (κ2) is 10.2. The Morgan fingerprint density at radius 2 is 1.73 bits per heavy atom. The maximum Gasteiger partial charge on any atom is 0.229 e. The van der Waals surface area contributed by atoms with Crippen molar-refractivity contribution in [3.63, 3.8) is 0 Å². The van der Waals surface area contributed by atoms with Crippen molar-refractivity contribution in [3.05, 3.63) is 29.8 Å². The van der Waals surface area contributed by atoms with E-state index in [0.29, 0.717) is 5.75 Å². The Bertz CT molecular complexity index is 533. The first-order valence-corrected chi connectivity index (χ1v) is 9.49. The Hall–Kier alpha value is -1.18. The van der Waals surface area contributed by atoms with Crippen LogP contribution in [0.15, 0.2) is 24.3 Å². The number of aryl methyl sites for hydroxylation is 1. The van der Waals surface area contributed by atoms with Gasteiger partial charge in [0.15, 0.2) is 0 Å². The lowest BCUT2D eigenvalue weighted by atomic mass is 9.99. The molecule has 1 aliphatic heterocycles. The molecule has 148 valence electrons. The van der Waals surface area contributed by atoms with E-state index in [1.165, 1.54) is 12.8 Å². The normalized spacial score (nSPS) is 29.1. The van der Waals surface area contributed by atoms with Gasteiger partial charge in [-0.1, -0.05) is 51.3 Å². The van der Waals surface area contributed by atoms with E-state index in [1.807, 2.05) is 18.2 Å². The molecular weight excluding hydrogens is 336 g/mol. The van der Waals surface area contributed by atoms with Gasteiger partial charge in [-0.2, -0.15) is 0 Å². The minimum Gasteiger partial charge on any atom is -0.462 e. The van der Waals surface area contributed by atoms with Crippen molar-refractivity contribution in [2.75, 3.05) is 6.61 Å². The number of benzene rings is 1. The summed E-state index contributed by atoms with van der Waals surface area (Å²) in [5.74, 6) is 1.30. The highest BCUT2D eigenvalue weighted by atomic mass is 16.7. The molecule has 0 aliphatic carbocycles. The SMILES string of the molecule is CC(C)CCCCCc1ccccc1OC1O[C@H](CO)[C@H](O)[C@H](O)[C@H]1O. The molecule has 6 heteroatoms. The molecule has 0 spiro atoms. The first-order chi connectivity index (χ1) is 12.4. The smallest absolute Gasteiger partial charge is 0.229 e. The number of para-hydroxylation sites is 1. The number of ether oxygens (including phenoxy) is 2. The van der Waals surface area contributed by atoms with Crippen LogP contribution in [0, 0.1) is 5.92 Å². The lowest BCUT2D eigenvalue weighted by molar-refractivity contribution is -0.277. The van der Waals surface area contributed by atoms with Crippen molar-refractivity contribution in [3.8, 4) is 5.75 Å². The highest BCUT2D eigenvalue weighted by Crippen LogP contribution is 2.27. The second-order valence-electron chi connectivity index (χ2n) is 7.42. The molecule has 1 fully saturated rings. The predicted octanol–water partition coefficient (Wildman–Crippen LogP) is 1.62. The standard InChI is InChI=1S/C20H32O6/c1-13(2)8-4-3-5-9-14-10-6-7-11-15(14)25-20-19(24)18(23)17(22)16(12-21)26-20/h6-7,10-11,13,16-24H,3-5,8-9,12H2,1-2H3/t16-,17+,18+,19-,20?/m1/s1. The summed E-state index contributed by atoms with van der Waals surface area (Å²) >= 11 is 0. The minimum absolute atomic E-state index is 0.470. The van der Waals surface area contributed by atoms with E-state index >= 15 is 0 Å². The number of unbranched alkanes of at least 4 members (excludes halogenated alkanes) is 2. The summed E-state index contributed by atoms with van der Waals surface area (Å²) in [6.45, 7) is 3.98. The number of hydrogen-bond donors (Lipinski definition) is 4. The van der Waals surface area contributed by atoms with Crippen molar-refractivity contribution in [1.82, 2.24) is 0 Å². The Kier molecular flexibility index (Phi) is 8.31. The molecule has 5 atom stereocenters. The van der Waals surface area contributed by atoms with Gasteiger partial charge >= 0.3 is 0 Å². The van der Waals surface area contributed by atoms with Crippen LogP contribution in [-0.2, 0) is 11.2 Å². The molecule has 1 heterocycles. The summed E-state index contributed by atoms with van der Waals surface area (Å²) in [7, 11) is 0. The minimum atomic E-state index is -1.44. The first-order valence-electron chi connectivity index (χ1n) is 9.49. The van der Waals surface area contributed by atoms with E-state index in [9.17, 15) is 20.4 Å². The van der Waals surface area contributed by atoms with Crippen LogP contribution < -0.4 is 4.74 Å². The van der Waals surface area contributed by atoms with E-state index in [2.05, 4.69) is 13.8 Å². The average molecular weight is 368 g/mol. The third-order valence-corrected chi connectivity index (χ3v) is 4.79. The van der Waals surface area contributed by atoms with Crippen LogP contribution in [0.1, 0.15) is 45.1 Å². The molecule has 0 bridgehead atoms. The van der Waals surface area contributed by atoms with E-state index in [1.54, 1.807) is 6.07 Å². The monoisotopic (exact) mass is 368 g/mol. The zero-order chi connectivity index (χ0) is 19.1. The van der Waals surface area contributed by atoms with Gasteiger partial charge in [0.1, 0.15) is 30.2 Å². The van der Waals surface area contributed by atoms with Crippen molar-refractivity contribution in [2.45, 2.75) is 76.7 Å². The van der Waals surface area contributed by atoms with Gasteiger partial charge in [0.2, 0.25) is 6.29 Å². The Balaban J connectivity index is 1.96. The summed E-state index contributed by atoms with van der Waals surface area (Å²) in [5.41, 5.74) is 1.01. The van der Waals surface area contributed by atoms with Crippen LogP contribution >= 0.6 is 0 Å². The molecule has 1 aromatic carbocycles. The first kappa shape index (κ1) is 21.1. The molecular formula is C20H32O6. The average Bonchev–Trinajstić information content (AvgIpc) is 2.62. The lowest BCUT2D eigenvalue weighted by Gasteiger charge is -2.39. The second-order valence-corrected chi connectivity index (χ2v) is 7.42. The molecule has 26 heavy (non-hydrogen) atoms. The number of aliphatic hydroxyl groups is 4. The van der Waals surface area contributed by atoms with E-state index in [4.69, 9.17) is 9.47 Å². The third kappa shape index (κ3) is 5.66. The summed E-state index contributed by atoms with van der Waals surface area (Å²) in [6, 6.07) is 7.54. The van der Waals surface area contributed by atoms with Crippen molar-refractivity contribution in [2.24, 2.45) is 5.92 Å². The van der Waals surface area contributed by atoms with Crippen LogP contribution in [0.2, 0.25) is 0 Å². The summed E-state index contributed by atoms with van der Waals surface area (Å²) in [4.78, 5) is 0. The van der Waals surface area contributed by atoms with Gasteiger partial charge in [-0.3, -0.25) is 0 Å². The predicted molar refractivity (Wildman–Crippen MR) is 97.8 cm³/mol. The molecule has 0 amide bonds. The fourth-order valence-electron chi connectivity index (χ4n) is 3.16. The zero-order valence-corrected chi connectivity index (χ0v) is 15.6. The number of aliphatic hydroxyl groups excluding tert-OH is 4. The number of hydrogen-bond acceptors (Lipinski definition) is 6. The van der Waals surface area contributed by atoms with E-state index < -0.39 is 37.3 Å². The maximum absolute atomic E-state index is 10.1. The largest absolute Gasteiger partial charge is 0.462 e. The van der Waals surface area contributed by atoms with Gasteiger partial charge in [0.25, 0.3) is 0 Å². The van der Waals surface area contributed by atoms with Gasteiger partial charge in [-0.25, -0.2) is 0 Å². The van der Waals surface area contributed by atoms with Crippen LogP contribution in [0.4, 0.5) is 0 Å². The van der Waals surface area contributed by atoms with Crippen LogP contribution in [0.5, 0.6) is 5.75 Å². The molecule has 6 nitrogen and oxygen atoms in total. The fourth-order valence-corrected chi connectivity index (χ4v) is 3.16. The molecule has 1 unspecified atom stereocenters. The quantitative estimate of drug-likeness (QED) is 0.495. The van der Waals surface area contributed by atoms with Crippen molar-refractivity contribution >= 4 is 0 Å². The Morgan fingerprint density at radius 3 is 2.42 bits per heavy atom. The topological polar surface area (TPSA) is 99.4 Å². The highest BCUT2D eigenvalue weighted by Gasteiger charge is 2.44. The van der Waals surface area contributed by atoms with Crippen LogP contribution in [-0.4, -0.2) is 57.7 Å². The molecule has 4 N–H and O–H groups in total. The summed E-state index contributed by atoms with van der Waals surface area (Å²) < 4.78 is 11.2. The van der Waals surface area contributed by atoms with Gasteiger partial charge in [0.05, 0.1) is 6.61 Å². The van der Waals surface area contributed by atoms with E-state index in [0.717, 1.165) is 30.7 Å². The molecule has 1 saturated heterocycles. The van der Waals surface area contributed by atoms with Crippen LogP contribution in [0.25, 0.3) is 0 Å². The van der Waals surface area contributed by atoms with Gasteiger partial charge in [-0.05, 0) is 30.4 Å². The molecule has 1 aromatic rings. The lowest BCUT2D eigenvalue weighted by Crippen LogP contribution is -2.60.